The van der Waals surface area contributed by atoms with Crippen LogP contribution < -0.4 is 4.74 Å². The molecule has 0 radical (unpaired) electrons. The third kappa shape index (κ3) is 4.15. The number of sulfonamides is 1. The van der Waals surface area contributed by atoms with Crippen LogP contribution in [0.4, 0.5) is 0 Å². The van der Waals surface area contributed by atoms with E-state index < -0.39 is 10.0 Å². The molecule has 0 unspecified atom stereocenters. The number of amides is 1. The van der Waals surface area contributed by atoms with E-state index in [1.54, 1.807) is 25.0 Å². The minimum Gasteiger partial charge on any atom is -0.497 e. The van der Waals surface area contributed by atoms with Crippen molar-refractivity contribution in [3.8, 4) is 5.75 Å². The highest BCUT2D eigenvalue weighted by Crippen LogP contribution is 2.31. The van der Waals surface area contributed by atoms with Gasteiger partial charge in [0.15, 0.2) is 0 Å². The van der Waals surface area contributed by atoms with Crippen molar-refractivity contribution >= 4 is 50.0 Å². The SMILES string of the molecule is COc1ccc2cc(C(=O)N3CCN(S(=O)(=O)c4cccc(Cl)c4Cl)CC3)c(C)nc2c1. The molecule has 10 heteroatoms. The largest absolute Gasteiger partial charge is 0.497 e. The maximum atomic E-state index is 13.2. The number of piperazine rings is 1. The van der Waals surface area contributed by atoms with Gasteiger partial charge in [0, 0.05) is 37.6 Å². The Balaban J connectivity index is 1.52. The lowest BCUT2D eigenvalue weighted by molar-refractivity contribution is 0.0697. The molecule has 0 bridgehead atoms. The number of hydrogen-bond donors (Lipinski definition) is 0. The van der Waals surface area contributed by atoms with E-state index in [0.717, 1.165) is 10.9 Å². The quantitative estimate of drug-likeness (QED) is 0.548. The summed E-state index contributed by atoms with van der Waals surface area (Å²) in [6.07, 6.45) is 0. The average Bonchev–Trinajstić information content (AvgIpc) is 2.79. The first kappa shape index (κ1) is 22.8. The zero-order valence-electron chi connectivity index (χ0n) is 17.5. The molecule has 32 heavy (non-hydrogen) atoms. The Hall–Kier alpha value is -2.39. The summed E-state index contributed by atoms with van der Waals surface area (Å²) in [6, 6.07) is 11.8. The zero-order chi connectivity index (χ0) is 23.0. The second-order valence-electron chi connectivity index (χ2n) is 7.43. The Morgan fingerprint density at radius 3 is 2.47 bits per heavy atom. The van der Waals surface area contributed by atoms with Crippen LogP contribution >= 0.6 is 23.2 Å². The summed E-state index contributed by atoms with van der Waals surface area (Å²) in [7, 11) is -2.23. The van der Waals surface area contributed by atoms with E-state index in [2.05, 4.69) is 4.98 Å². The smallest absolute Gasteiger partial charge is 0.255 e. The molecular weight excluding hydrogens is 473 g/mol. The van der Waals surface area contributed by atoms with Gasteiger partial charge in [0.1, 0.15) is 10.6 Å². The molecule has 2 heterocycles. The highest BCUT2D eigenvalue weighted by atomic mass is 35.5. The van der Waals surface area contributed by atoms with Gasteiger partial charge in [-0.3, -0.25) is 9.78 Å². The predicted octanol–water partition coefficient (Wildman–Crippen LogP) is 4.01. The number of aryl methyl sites for hydroxylation is 1. The fourth-order valence-electron chi connectivity index (χ4n) is 3.71. The van der Waals surface area contributed by atoms with Gasteiger partial charge >= 0.3 is 0 Å². The number of carbonyl (C=O) groups excluding carboxylic acids is 1. The Morgan fingerprint density at radius 1 is 1.06 bits per heavy atom. The molecular formula is C22H21Cl2N3O4S. The van der Waals surface area contributed by atoms with Gasteiger partial charge in [-0.25, -0.2) is 8.42 Å². The second kappa shape index (κ2) is 8.86. The van der Waals surface area contributed by atoms with Crippen molar-refractivity contribution < 1.29 is 17.9 Å². The monoisotopic (exact) mass is 493 g/mol. The lowest BCUT2D eigenvalue weighted by Gasteiger charge is -2.34. The van der Waals surface area contributed by atoms with Gasteiger partial charge in [-0.15, -0.1) is 0 Å². The molecule has 0 spiro atoms. The molecule has 1 fully saturated rings. The van der Waals surface area contributed by atoms with Crippen molar-refractivity contribution in [1.29, 1.82) is 0 Å². The molecule has 7 nitrogen and oxygen atoms in total. The molecule has 4 rings (SSSR count). The van der Waals surface area contributed by atoms with E-state index in [0.29, 0.717) is 17.0 Å². The Kier molecular flexibility index (Phi) is 6.31. The number of benzene rings is 2. The first-order valence-corrected chi connectivity index (χ1v) is 12.1. The molecule has 1 saturated heterocycles. The fourth-order valence-corrected chi connectivity index (χ4v) is 5.87. The van der Waals surface area contributed by atoms with Crippen molar-refractivity contribution in [1.82, 2.24) is 14.2 Å². The summed E-state index contributed by atoms with van der Waals surface area (Å²) >= 11 is 12.1. The number of nitrogens with zero attached hydrogens (tertiary/aromatic N) is 3. The number of hydrogen-bond acceptors (Lipinski definition) is 5. The van der Waals surface area contributed by atoms with Crippen molar-refractivity contribution in [2.45, 2.75) is 11.8 Å². The molecule has 0 saturated carbocycles. The van der Waals surface area contributed by atoms with Gasteiger partial charge in [-0.05, 0) is 37.3 Å². The van der Waals surface area contributed by atoms with Crippen LogP contribution in [-0.2, 0) is 10.0 Å². The van der Waals surface area contributed by atoms with Crippen LogP contribution in [0.2, 0.25) is 10.0 Å². The van der Waals surface area contributed by atoms with Gasteiger partial charge in [-0.1, -0.05) is 29.3 Å². The first-order valence-electron chi connectivity index (χ1n) is 9.91. The van der Waals surface area contributed by atoms with Crippen molar-refractivity contribution in [2.75, 3.05) is 33.3 Å². The van der Waals surface area contributed by atoms with Crippen LogP contribution in [0.25, 0.3) is 10.9 Å². The van der Waals surface area contributed by atoms with Crippen LogP contribution in [0, 0.1) is 6.92 Å². The number of halogens is 2. The van der Waals surface area contributed by atoms with Gasteiger partial charge < -0.3 is 9.64 Å². The van der Waals surface area contributed by atoms with E-state index in [9.17, 15) is 13.2 Å². The molecule has 0 atom stereocenters. The van der Waals surface area contributed by atoms with Gasteiger partial charge in [0.25, 0.3) is 5.91 Å². The topological polar surface area (TPSA) is 79.8 Å². The standard InChI is InChI=1S/C22H21Cl2N3O4S/c1-14-17(12-15-6-7-16(31-2)13-19(15)25-14)22(28)26-8-10-27(11-9-26)32(29,30)20-5-3-4-18(23)21(20)24/h3-7,12-13H,8-11H2,1-2H3. The maximum Gasteiger partial charge on any atom is 0.255 e. The Morgan fingerprint density at radius 2 is 1.78 bits per heavy atom. The number of methoxy groups -OCH3 is 1. The number of carbonyl (C=O) groups is 1. The normalized spacial score (nSPS) is 15.2. The lowest BCUT2D eigenvalue weighted by atomic mass is 10.1. The number of aromatic nitrogens is 1. The minimum atomic E-state index is -3.82. The number of ether oxygens (including phenoxy) is 1. The third-order valence-electron chi connectivity index (χ3n) is 5.51. The highest BCUT2D eigenvalue weighted by molar-refractivity contribution is 7.89. The molecule has 2 aromatic carbocycles. The molecule has 1 aliphatic heterocycles. The summed E-state index contributed by atoms with van der Waals surface area (Å²) < 4.78 is 32.6. The fraction of sp³-hybridized carbons (Fsp3) is 0.273. The highest BCUT2D eigenvalue weighted by Gasteiger charge is 2.32. The summed E-state index contributed by atoms with van der Waals surface area (Å²) in [5.74, 6) is 0.520. The molecule has 0 aliphatic carbocycles. The predicted molar refractivity (Wildman–Crippen MR) is 124 cm³/mol. The summed E-state index contributed by atoms with van der Waals surface area (Å²) in [5.41, 5.74) is 1.85. The summed E-state index contributed by atoms with van der Waals surface area (Å²) in [6.45, 7) is 2.63. The van der Waals surface area contributed by atoms with Crippen molar-refractivity contribution in [2.24, 2.45) is 0 Å². The lowest BCUT2D eigenvalue weighted by Crippen LogP contribution is -2.50. The van der Waals surface area contributed by atoms with Crippen molar-refractivity contribution in [3.05, 3.63) is 63.8 Å². The Bertz CT molecular complexity index is 1310. The zero-order valence-corrected chi connectivity index (χ0v) is 19.8. The third-order valence-corrected chi connectivity index (χ3v) is 8.38. The van der Waals surface area contributed by atoms with Crippen LogP contribution in [-0.4, -0.2) is 61.8 Å². The molecule has 168 valence electrons. The molecule has 1 aromatic heterocycles. The molecule has 1 aliphatic rings. The van der Waals surface area contributed by atoms with E-state index in [1.807, 2.05) is 24.3 Å². The molecule has 0 N–H and O–H groups in total. The number of rotatable bonds is 4. The van der Waals surface area contributed by atoms with Crippen LogP contribution in [0.3, 0.4) is 0 Å². The van der Waals surface area contributed by atoms with E-state index in [4.69, 9.17) is 27.9 Å². The maximum absolute atomic E-state index is 13.2. The van der Waals surface area contributed by atoms with E-state index >= 15 is 0 Å². The summed E-state index contributed by atoms with van der Waals surface area (Å²) in [5, 5.41) is 1.01. The Labute approximate surface area is 196 Å². The first-order chi connectivity index (χ1) is 15.2. The van der Waals surface area contributed by atoms with E-state index in [-0.39, 0.29) is 47.0 Å². The molecule has 3 aromatic rings. The van der Waals surface area contributed by atoms with Crippen LogP contribution in [0.1, 0.15) is 16.1 Å². The number of fused-ring (bicyclic) bond motifs is 1. The van der Waals surface area contributed by atoms with Crippen LogP contribution in [0.15, 0.2) is 47.4 Å². The van der Waals surface area contributed by atoms with Crippen LogP contribution in [0.5, 0.6) is 5.75 Å². The van der Waals surface area contributed by atoms with Gasteiger partial charge in [0.2, 0.25) is 10.0 Å². The second-order valence-corrected chi connectivity index (χ2v) is 10.1. The molecule has 1 amide bonds. The number of pyridine rings is 1. The van der Waals surface area contributed by atoms with Gasteiger partial charge in [0.05, 0.1) is 33.9 Å². The van der Waals surface area contributed by atoms with Crippen molar-refractivity contribution in [3.63, 3.8) is 0 Å². The summed E-state index contributed by atoms with van der Waals surface area (Å²) in [4.78, 5) is 19.3. The average molecular weight is 494 g/mol. The minimum absolute atomic E-state index is 0.00201. The van der Waals surface area contributed by atoms with Gasteiger partial charge in [-0.2, -0.15) is 4.31 Å². The van der Waals surface area contributed by atoms with E-state index in [1.165, 1.54) is 16.4 Å².